The fraction of sp³-hybridized carbons (Fsp3) is 0.450. The first-order valence-corrected chi connectivity index (χ1v) is 11.6. The average molecular weight is 449 g/mol. The molecule has 160 valence electrons. The Morgan fingerprint density at radius 1 is 1.43 bits per heavy atom. The number of hydrogen-bond donors (Lipinski definition) is 1. The Balaban J connectivity index is 1.68. The minimum atomic E-state index is -0.400. The van der Waals surface area contributed by atoms with Crippen LogP contribution in [0.5, 0.6) is 0 Å². The topological polar surface area (TPSA) is 107 Å². The minimum Gasteiger partial charge on any atom is -0.466 e. The number of non-ortho nitro benzene ring substituents is 1. The summed E-state index contributed by atoms with van der Waals surface area (Å²) in [6.07, 6.45) is 7.77. The van der Waals surface area contributed by atoms with E-state index in [1.54, 1.807) is 48.5 Å². The second-order valence-electron chi connectivity index (χ2n) is 6.85. The number of thiazole rings is 1. The Bertz CT molecular complexity index is 910. The number of anilines is 1. The molecule has 0 radical (unpaired) electrons. The van der Waals surface area contributed by atoms with E-state index >= 15 is 0 Å². The highest BCUT2D eigenvalue weighted by Gasteiger charge is 2.18. The van der Waals surface area contributed by atoms with Gasteiger partial charge in [0.25, 0.3) is 5.69 Å². The van der Waals surface area contributed by atoms with Crippen LogP contribution in [0.2, 0.25) is 0 Å². The SMILES string of the molecule is CCOC(=O)Cc1csc(NN=Cc2cc([N+](=O)[O-])ccc2SC2CCCCC2)n1. The van der Waals surface area contributed by atoms with Gasteiger partial charge >= 0.3 is 5.97 Å². The highest BCUT2D eigenvalue weighted by molar-refractivity contribution is 8.00. The van der Waals surface area contributed by atoms with Crippen molar-refractivity contribution in [2.75, 3.05) is 12.0 Å². The van der Waals surface area contributed by atoms with Crippen molar-refractivity contribution < 1.29 is 14.5 Å². The van der Waals surface area contributed by atoms with E-state index in [2.05, 4.69) is 15.5 Å². The highest BCUT2D eigenvalue weighted by atomic mass is 32.2. The second-order valence-corrected chi connectivity index (χ2v) is 9.05. The number of hydrogen-bond acceptors (Lipinski definition) is 9. The molecule has 1 saturated carbocycles. The van der Waals surface area contributed by atoms with E-state index in [0.717, 1.165) is 4.90 Å². The molecule has 0 amide bonds. The van der Waals surface area contributed by atoms with Gasteiger partial charge in [0.1, 0.15) is 0 Å². The molecule has 1 aliphatic carbocycles. The highest BCUT2D eigenvalue weighted by Crippen LogP contribution is 2.36. The number of thioether (sulfide) groups is 1. The van der Waals surface area contributed by atoms with Crippen molar-refractivity contribution in [1.29, 1.82) is 0 Å². The van der Waals surface area contributed by atoms with Crippen molar-refractivity contribution in [3.05, 3.63) is 45.0 Å². The number of esters is 1. The molecule has 1 aromatic carbocycles. The van der Waals surface area contributed by atoms with Crippen LogP contribution >= 0.6 is 23.1 Å². The fourth-order valence-electron chi connectivity index (χ4n) is 3.18. The summed E-state index contributed by atoms with van der Waals surface area (Å²) in [5.41, 5.74) is 4.20. The molecule has 0 saturated heterocycles. The number of hydrazone groups is 1. The molecule has 1 fully saturated rings. The van der Waals surface area contributed by atoms with Gasteiger partial charge in [-0.1, -0.05) is 19.3 Å². The second kappa shape index (κ2) is 11.1. The van der Waals surface area contributed by atoms with Gasteiger partial charge in [-0.25, -0.2) is 4.98 Å². The predicted molar refractivity (Wildman–Crippen MR) is 119 cm³/mol. The van der Waals surface area contributed by atoms with Crippen LogP contribution in [0.1, 0.15) is 50.3 Å². The van der Waals surface area contributed by atoms with Crippen LogP contribution in [0, 0.1) is 10.1 Å². The molecule has 1 N–H and O–H groups in total. The zero-order chi connectivity index (χ0) is 21.3. The normalized spacial score (nSPS) is 14.7. The summed E-state index contributed by atoms with van der Waals surface area (Å²) in [6.45, 7) is 2.10. The molecule has 1 heterocycles. The molecule has 0 aliphatic heterocycles. The van der Waals surface area contributed by atoms with Gasteiger partial charge in [0.2, 0.25) is 5.13 Å². The molecule has 0 unspecified atom stereocenters. The molecule has 10 heteroatoms. The maximum absolute atomic E-state index is 11.5. The average Bonchev–Trinajstić information content (AvgIpc) is 3.17. The van der Waals surface area contributed by atoms with E-state index in [-0.39, 0.29) is 18.1 Å². The summed E-state index contributed by atoms with van der Waals surface area (Å²) in [7, 11) is 0. The Morgan fingerprint density at radius 3 is 2.97 bits per heavy atom. The van der Waals surface area contributed by atoms with E-state index in [1.807, 2.05) is 0 Å². The van der Waals surface area contributed by atoms with Crippen LogP contribution in [0.15, 0.2) is 33.6 Å². The molecule has 30 heavy (non-hydrogen) atoms. The third-order valence-electron chi connectivity index (χ3n) is 4.60. The number of aromatic nitrogens is 1. The number of benzene rings is 1. The van der Waals surface area contributed by atoms with Gasteiger partial charge in [0.15, 0.2) is 0 Å². The van der Waals surface area contributed by atoms with Crippen LogP contribution in [0.3, 0.4) is 0 Å². The van der Waals surface area contributed by atoms with Gasteiger partial charge in [-0.05, 0) is 25.8 Å². The van der Waals surface area contributed by atoms with Crippen LogP contribution in [-0.4, -0.2) is 33.9 Å². The number of nitrogens with zero attached hydrogens (tertiary/aromatic N) is 3. The Labute approximate surface area is 183 Å². The Hall–Kier alpha value is -2.46. The Morgan fingerprint density at radius 2 is 2.23 bits per heavy atom. The maximum Gasteiger partial charge on any atom is 0.311 e. The first-order valence-electron chi connectivity index (χ1n) is 9.89. The van der Waals surface area contributed by atoms with E-state index in [9.17, 15) is 14.9 Å². The summed E-state index contributed by atoms with van der Waals surface area (Å²) in [5.74, 6) is -0.321. The number of ether oxygens (including phenoxy) is 1. The largest absolute Gasteiger partial charge is 0.466 e. The van der Waals surface area contributed by atoms with E-state index in [4.69, 9.17) is 4.74 Å². The molecule has 1 aromatic heterocycles. The third kappa shape index (κ3) is 6.53. The summed E-state index contributed by atoms with van der Waals surface area (Å²) >= 11 is 3.10. The van der Waals surface area contributed by atoms with Gasteiger partial charge in [-0.2, -0.15) is 5.10 Å². The predicted octanol–water partition coefficient (Wildman–Crippen LogP) is 5.03. The molecule has 2 aromatic rings. The fourth-order valence-corrected chi connectivity index (χ4v) is 5.16. The molecular weight excluding hydrogens is 424 g/mol. The van der Waals surface area contributed by atoms with Crippen molar-refractivity contribution >= 4 is 46.1 Å². The van der Waals surface area contributed by atoms with E-state index in [1.165, 1.54) is 43.4 Å². The molecule has 0 atom stereocenters. The van der Waals surface area contributed by atoms with Crippen molar-refractivity contribution in [2.45, 2.75) is 55.6 Å². The monoisotopic (exact) mass is 448 g/mol. The zero-order valence-corrected chi connectivity index (χ0v) is 18.3. The van der Waals surface area contributed by atoms with Crippen LogP contribution in [-0.2, 0) is 16.0 Å². The van der Waals surface area contributed by atoms with Crippen LogP contribution < -0.4 is 5.43 Å². The molecule has 3 rings (SSSR count). The van der Waals surface area contributed by atoms with E-state index in [0.29, 0.717) is 28.2 Å². The number of rotatable bonds is 9. The van der Waals surface area contributed by atoms with Crippen molar-refractivity contribution in [3.63, 3.8) is 0 Å². The van der Waals surface area contributed by atoms with Crippen molar-refractivity contribution in [3.8, 4) is 0 Å². The van der Waals surface area contributed by atoms with Gasteiger partial charge in [-0.3, -0.25) is 20.3 Å². The number of nitrogens with one attached hydrogen (secondary N) is 1. The van der Waals surface area contributed by atoms with Gasteiger partial charge in [0.05, 0.1) is 29.9 Å². The smallest absolute Gasteiger partial charge is 0.311 e. The number of carbonyl (C=O) groups is 1. The van der Waals surface area contributed by atoms with Crippen molar-refractivity contribution in [1.82, 2.24) is 4.98 Å². The first kappa shape index (κ1) is 22.2. The number of nitro groups is 1. The lowest BCUT2D eigenvalue weighted by Gasteiger charge is -2.21. The number of carbonyl (C=O) groups excluding carboxylic acids is 1. The van der Waals surface area contributed by atoms with Crippen LogP contribution in [0.4, 0.5) is 10.8 Å². The zero-order valence-electron chi connectivity index (χ0n) is 16.7. The molecule has 0 bridgehead atoms. The lowest BCUT2D eigenvalue weighted by Crippen LogP contribution is -2.08. The molecule has 1 aliphatic rings. The summed E-state index contributed by atoms with van der Waals surface area (Å²) in [6, 6.07) is 4.89. The minimum absolute atomic E-state index is 0.0374. The van der Waals surface area contributed by atoms with Crippen molar-refractivity contribution in [2.24, 2.45) is 5.10 Å². The van der Waals surface area contributed by atoms with E-state index < -0.39 is 4.92 Å². The standard InChI is InChI=1S/C20H24N4O4S2/c1-2-28-19(25)11-15-13-29-20(22-15)23-21-12-14-10-16(24(26)27)8-9-18(14)30-17-6-4-3-5-7-17/h8-10,12-13,17H,2-7,11H2,1H3,(H,22,23). The summed E-state index contributed by atoms with van der Waals surface area (Å²) in [5, 5.41) is 18.2. The van der Waals surface area contributed by atoms with Gasteiger partial charge in [-0.15, -0.1) is 23.1 Å². The molecule has 0 spiro atoms. The maximum atomic E-state index is 11.5. The lowest BCUT2D eigenvalue weighted by atomic mass is 10.0. The first-order chi connectivity index (χ1) is 14.5. The van der Waals surface area contributed by atoms with Gasteiger partial charge in [0, 0.05) is 33.2 Å². The summed E-state index contributed by atoms with van der Waals surface area (Å²) < 4.78 is 4.92. The Kier molecular flexibility index (Phi) is 8.21. The van der Waals surface area contributed by atoms with Crippen LogP contribution in [0.25, 0.3) is 0 Å². The molecular formula is C20H24N4O4S2. The number of nitro benzene ring substituents is 1. The third-order valence-corrected chi connectivity index (χ3v) is 6.82. The summed E-state index contributed by atoms with van der Waals surface area (Å²) in [4.78, 5) is 27.6. The quantitative estimate of drug-likeness (QED) is 0.248. The lowest BCUT2D eigenvalue weighted by molar-refractivity contribution is -0.384. The molecule has 8 nitrogen and oxygen atoms in total. The van der Waals surface area contributed by atoms with Gasteiger partial charge < -0.3 is 4.74 Å².